The minimum atomic E-state index is -4.87. The van der Waals surface area contributed by atoms with Crippen LogP contribution in [-0.4, -0.2) is 26.6 Å². The highest BCUT2D eigenvalue weighted by atomic mass is 35.5. The fourth-order valence-corrected chi connectivity index (χ4v) is 3.46. The van der Waals surface area contributed by atoms with Crippen LogP contribution in [0.25, 0.3) is 22.3 Å². The number of rotatable bonds is 3. The Balaban J connectivity index is 1.95. The molecule has 0 N–H and O–H groups in total. The standard InChI is InChI=1S/C21H10ClF4N3O3/c22-13-4-1-3-12(21(24,25)26)16(13)19(30)29-15-5-2-8-27-18(15)17(28-29)11-7-6-10(20(31)32)9-14(11)23/h1-9H,(H,31,32)/p-1. The maximum absolute atomic E-state index is 14.6. The molecule has 0 saturated carbocycles. The Morgan fingerprint density at radius 1 is 1.06 bits per heavy atom. The van der Waals surface area contributed by atoms with Crippen LogP contribution in [-0.2, 0) is 6.18 Å². The summed E-state index contributed by atoms with van der Waals surface area (Å²) < 4.78 is 55.7. The number of hydrogen-bond acceptors (Lipinski definition) is 5. The van der Waals surface area contributed by atoms with Crippen molar-refractivity contribution in [2.45, 2.75) is 6.18 Å². The first-order chi connectivity index (χ1) is 15.1. The molecule has 0 aliphatic rings. The second-order valence-electron chi connectivity index (χ2n) is 6.58. The van der Waals surface area contributed by atoms with E-state index in [1.54, 1.807) is 0 Å². The number of aromatic nitrogens is 3. The Bertz CT molecular complexity index is 1400. The Hall–Kier alpha value is -3.79. The van der Waals surface area contributed by atoms with E-state index in [1.165, 1.54) is 18.3 Å². The van der Waals surface area contributed by atoms with Gasteiger partial charge in [-0.2, -0.15) is 23.0 Å². The number of hydrogen-bond donors (Lipinski definition) is 0. The van der Waals surface area contributed by atoms with Crippen molar-refractivity contribution in [2.75, 3.05) is 0 Å². The maximum atomic E-state index is 14.6. The lowest BCUT2D eigenvalue weighted by molar-refractivity contribution is -0.255. The first-order valence-corrected chi connectivity index (χ1v) is 9.23. The van der Waals surface area contributed by atoms with Gasteiger partial charge in [-0.05, 0) is 36.4 Å². The van der Waals surface area contributed by atoms with Crippen LogP contribution in [0.3, 0.4) is 0 Å². The third-order valence-corrected chi connectivity index (χ3v) is 4.94. The van der Waals surface area contributed by atoms with E-state index in [4.69, 9.17) is 11.6 Å². The zero-order valence-electron chi connectivity index (χ0n) is 15.7. The van der Waals surface area contributed by atoms with Gasteiger partial charge in [0, 0.05) is 17.3 Å². The molecule has 0 amide bonds. The van der Waals surface area contributed by atoms with Gasteiger partial charge in [0.15, 0.2) is 0 Å². The smallest absolute Gasteiger partial charge is 0.417 e. The summed E-state index contributed by atoms with van der Waals surface area (Å²) in [5, 5.41) is 14.5. The van der Waals surface area contributed by atoms with Crippen LogP contribution < -0.4 is 5.11 Å². The number of carbonyl (C=O) groups is 2. The third kappa shape index (κ3) is 3.58. The minimum Gasteiger partial charge on any atom is -0.545 e. The molecule has 6 nitrogen and oxygen atoms in total. The third-order valence-electron chi connectivity index (χ3n) is 4.62. The summed E-state index contributed by atoms with van der Waals surface area (Å²) in [7, 11) is 0. The van der Waals surface area contributed by atoms with Crippen molar-refractivity contribution in [2.24, 2.45) is 0 Å². The lowest BCUT2D eigenvalue weighted by Crippen LogP contribution is -2.22. The Kier molecular flexibility index (Phi) is 5.17. The fourth-order valence-electron chi connectivity index (χ4n) is 3.21. The van der Waals surface area contributed by atoms with Crippen LogP contribution in [0.15, 0.2) is 54.7 Å². The number of aromatic carboxylic acids is 1. The molecule has 0 saturated heterocycles. The molecule has 0 aliphatic carbocycles. The molecule has 32 heavy (non-hydrogen) atoms. The van der Waals surface area contributed by atoms with Crippen molar-refractivity contribution in [3.05, 3.63) is 82.3 Å². The highest BCUT2D eigenvalue weighted by molar-refractivity contribution is 6.34. The number of carbonyl (C=O) groups excluding carboxylic acids is 2. The molecule has 4 rings (SSSR count). The summed E-state index contributed by atoms with van der Waals surface area (Å²) in [6, 6.07) is 8.57. The molecule has 0 atom stereocenters. The van der Waals surface area contributed by atoms with E-state index in [0.29, 0.717) is 16.8 Å². The highest BCUT2D eigenvalue weighted by Gasteiger charge is 2.37. The number of alkyl halides is 3. The first-order valence-electron chi connectivity index (χ1n) is 8.85. The molecular weight excluding hydrogens is 454 g/mol. The average Bonchev–Trinajstić information content (AvgIpc) is 3.12. The van der Waals surface area contributed by atoms with Crippen LogP contribution >= 0.6 is 11.6 Å². The lowest BCUT2D eigenvalue weighted by Gasteiger charge is -2.13. The molecule has 0 radical (unpaired) electrons. The number of fused-ring (bicyclic) bond motifs is 1. The average molecular weight is 463 g/mol. The number of carboxylic acid groups (broad SMARTS) is 1. The van der Waals surface area contributed by atoms with E-state index in [0.717, 1.165) is 24.3 Å². The Morgan fingerprint density at radius 2 is 1.81 bits per heavy atom. The summed E-state index contributed by atoms with van der Waals surface area (Å²) in [4.78, 5) is 28.1. The van der Waals surface area contributed by atoms with E-state index in [9.17, 15) is 32.3 Å². The molecule has 162 valence electrons. The molecule has 0 aliphatic heterocycles. The zero-order valence-corrected chi connectivity index (χ0v) is 16.4. The van der Waals surface area contributed by atoms with Crippen molar-refractivity contribution < 1.29 is 32.3 Å². The number of halogens is 5. The van der Waals surface area contributed by atoms with E-state index < -0.39 is 45.6 Å². The van der Waals surface area contributed by atoms with E-state index >= 15 is 0 Å². The van der Waals surface area contributed by atoms with Crippen molar-refractivity contribution in [1.29, 1.82) is 0 Å². The van der Waals surface area contributed by atoms with Gasteiger partial charge in [-0.15, -0.1) is 0 Å². The SMILES string of the molecule is O=C([O-])c1ccc(-c2nn(C(=O)c3c(Cl)cccc3C(F)(F)F)c3cccnc23)c(F)c1. The number of carboxylic acids is 1. The summed E-state index contributed by atoms with van der Waals surface area (Å²) in [6.07, 6.45) is -3.54. The van der Waals surface area contributed by atoms with Gasteiger partial charge in [-0.3, -0.25) is 9.78 Å². The molecule has 0 fully saturated rings. The zero-order chi connectivity index (χ0) is 23.2. The van der Waals surface area contributed by atoms with Crippen molar-refractivity contribution in [1.82, 2.24) is 14.8 Å². The Morgan fingerprint density at radius 3 is 2.47 bits per heavy atom. The second kappa shape index (κ2) is 7.72. The minimum absolute atomic E-state index is 0.00363. The van der Waals surface area contributed by atoms with Crippen molar-refractivity contribution in [3.8, 4) is 11.3 Å². The van der Waals surface area contributed by atoms with Gasteiger partial charge in [0.2, 0.25) is 0 Å². The largest absolute Gasteiger partial charge is 0.545 e. The highest BCUT2D eigenvalue weighted by Crippen LogP contribution is 2.36. The van der Waals surface area contributed by atoms with Crippen molar-refractivity contribution in [3.63, 3.8) is 0 Å². The van der Waals surface area contributed by atoms with E-state index in [2.05, 4.69) is 10.1 Å². The Labute approximate surface area is 181 Å². The van der Waals surface area contributed by atoms with Gasteiger partial charge in [0.1, 0.15) is 17.0 Å². The van der Waals surface area contributed by atoms with Gasteiger partial charge in [0.25, 0.3) is 5.91 Å². The van der Waals surface area contributed by atoms with Crippen LogP contribution in [0.2, 0.25) is 5.02 Å². The van der Waals surface area contributed by atoms with E-state index in [1.807, 2.05) is 0 Å². The summed E-state index contributed by atoms with van der Waals surface area (Å²) >= 11 is 5.93. The number of pyridine rings is 1. The van der Waals surface area contributed by atoms with Crippen LogP contribution in [0.4, 0.5) is 17.6 Å². The lowest BCUT2D eigenvalue weighted by atomic mass is 10.1. The fraction of sp³-hybridized carbons (Fsp3) is 0.0476. The summed E-state index contributed by atoms with van der Waals surface area (Å²) in [5.74, 6) is -3.79. The first kappa shape index (κ1) is 21.4. The topological polar surface area (TPSA) is 87.9 Å². The quantitative estimate of drug-likeness (QED) is 0.430. The predicted molar refractivity (Wildman–Crippen MR) is 103 cm³/mol. The van der Waals surface area contributed by atoms with Gasteiger partial charge < -0.3 is 9.90 Å². The maximum Gasteiger partial charge on any atom is 0.417 e. The molecule has 0 unspecified atom stereocenters. The molecule has 2 aromatic heterocycles. The van der Waals surface area contributed by atoms with Crippen LogP contribution in [0.1, 0.15) is 26.3 Å². The molecule has 2 aromatic carbocycles. The molecule has 11 heteroatoms. The van der Waals surface area contributed by atoms with Gasteiger partial charge in [-0.25, -0.2) is 4.39 Å². The molecule has 0 bridgehead atoms. The van der Waals surface area contributed by atoms with Gasteiger partial charge in [-0.1, -0.05) is 23.7 Å². The normalized spacial score (nSPS) is 11.7. The monoisotopic (exact) mass is 462 g/mol. The van der Waals surface area contributed by atoms with Gasteiger partial charge >= 0.3 is 6.18 Å². The summed E-state index contributed by atoms with van der Waals surface area (Å²) in [6.45, 7) is 0. The molecule has 4 aromatic rings. The van der Waals surface area contributed by atoms with E-state index in [-0.39, 0.29) is 22.3 Å². The molecule has 0 spiro atoms. The van der Waals surface area contributed by atoms with Crippen LogP contribution in [0.5, 0.6) is 0 Å². The van der Waals surface area contributed by atoms with Crippen molar-refractivity contribution >= 4 is 34.5 Å². The second-order valence-corrected chi connectivity index (χ2v) is 6.99. The summed E-state index contributed by atoms with van der Waals surface area (Å²) in [5.41, 5.74) is -2.87. The molecule has 2 heterocycles. The van der Waals surface area contributed by atoms with Crippen LogP contribution in [0, 0.1) is 5.82 Å². The number of benzene rings is 2. The predicted octanol–water partition coefficient (Wildman–Crippen LogP) is 3.96. The van der Waals surface area contributed by atoms with Gasteiger partial charge in [0.05, 0.1) is 27.6 Å². The molecular formula is C21H9ClF4N3O3-. The number of nitrogens with zero attached hydrogens (tertiary/aromatic N) is 3.